The molecule has 2 fully saturated rings. The average Bonchev–Trinajstić information content (AvgIpc) is 2.93. The van der Waals surface area contributed by atoms with E-state index in [2.05, 4.69) is 0 Å². The third-order valence-corrected chi connectivity index (χ3v) is 6.01. The van der Waals surface area contributed by atoms with E-state index in [1.807, 2.05) is 6.07 Å². The lowest BCUT2D eigenvalue weighted by Crippen LogP contribution is -2.44. The molecule has 1 aromatic carbocycles. The van der Waals surface area contributed by atoms with Crippen LogP contribution in [-0.4, -0.2) is 42.8 Å². The Bertz CT molecular complexity index is 690. The fraction of sp³-hybridized carbons (Fsp3) is 0.385. The van der Waals surface area contributed by atoms with Crippen LogP contribution in [0.25, 0.3) is 0 Å². The van der Waals surface area contributed by atoms with Gasteiger partial charge < -0.3 is 4.90 Å². The Balaban J connectivity index is 1.85. The van der Waals surface area contributed by atoms with Crippen molar-refractivity contribution in [3.8, 4) is 6.07 Å². The van der Waals surface area contributed by atoms with Crippen molar-refractivity contribution in [2.75, 3.05) is 12.3 Å². The topological polar surface area (TPSA) is 78.2 Å². The number of hydrogen-bond acceptors (Lipinski definition) is 4. The number of nitriles is 1. The summed E-state index contributed by atoms with van der Waals surface area (Å²) >= 11 is 0. The minimum absolute atomic E-state index is 0.0708. The number of fused-ring (bicyclic) bond motifs is 2. The predicted octanol–water partition coefficient (Wildman–Crippen LogP) is 0.570. The molecule has 2 atom stereocenters. The van der Waals surface area contributed by atoms with Crippen LogP contribution >= 0.6 is 0 Å². The highest BCUT2D eigenvalue weighted by Gasteiger charge is 2.50. The maximum atomic E-state index is 12.3. The highest BCUT2D eigenvalue weighted by Crippen LogP contribution is 2.33. The van der Waals surface area contributed by atoms with Crippen molar-refractivity contribution in [2.45, 2.75) is 17.7 Å². The van der Waals surface area contributed by atoms with E-state index in [1.54, 1.807) is 29.2 Å². The maximum Gasteiger partial charge on any atom is 0.254 e. The zero-order chi connectivity index (χ0) is 13.6. The van der Waals surface area contributed by atoms with E-state index >= 15 is 0 Å². The molecule has 0 spiro atoms. The van der Waals surface area contributed by atoms with Gasteiger partial charge in [0, 0.05) is 18.2 Å². The smallest absolute Gasteiger partial charge is 0.254 e. The van der Waals surface area contributed by atoms with Crippen molar-refractivity contribution in [1.29, 1.82) is 5.26 Å². The number of sulfone groups is 1. The first-order chi connectivity index (χ1) is 9.01. The van der Waals surface area contributed by atoms with Crippen molar-refractivity contribution in [1.82, 2.24) is 4.90 Å². The van der Waals surface area contributed by atoms with Gasteiger partial charge >= 0.3 is 0 Å². The molecule has 5 nitrogen and oxygen atoms in total. The molecule has 98 valence electrons. The molecule has 2 bridgehead atoms. The van der Waals surface area contributed by atoms with Crippen molar-refractivity contribution in [3.05, 3.63) is 35.4 Å². The molecule has 1 amide bonds. The lowest BCUT2D eigenvalue weighted by Gasteiger charge is -2.26. The van der Waals surface area contributed by atoms with Gasteiger partial charge in [-0.25, -0.2) is 8.42 Å². The Kier molecular flexibility index (Phi) is 2.61. The van der Waals surface area contributed by atoms with Gasteiger partial charge in [-0.2, -0.15) is 5.26 Å². The summed E-state index contributed by atoms with van der Waals surface area (Å²) in [5, 5.41) is 8.43. The molecule has 0 radical (unpaired) electrons. The second-order valence-electron chi connectivity index (χ2n) is 4.99. The molecule has 2 unspecified atom stereocenters. The molecule has 2 aliphatic rings. The zero-order valence-corrected chi connectivity index (χ0v) is 10.9. The van der Waals surface area contributed by atoms with Gasteiger partial charge in [-0.05, 0) is 24.6 Å². The van der Waals surface area contributed by atoms with Gasteiger partial charge in [0.05, 0.1) is 22.6 Å². The number of nitrogens with zero attached hydrogens (tertiary/aromatic N) is 2. The fourth-order valence-corrected chi connectivity index (χ4v) is 4.86. The monoisotopic (exact) mass is 276 g/mol. The number of likely N-dealkylation sites (tertiary alicyclic amines) is 1. The molecule has 0 aromatic heterocycles. The van der Waals surface area contributed by atoms with Gasteiger partial charge in [-0.3, -0.25) is 4.79 Å². The molecule has 0 N–H and O–H groups in total. The van der Waals surface area contributed by atoms with Crippen LogP contribution in [0, 0.1) is 11.3 Å². The Hall–Kier alpha value is -1.87. The Morgan fingerprint density at radius 1 is 1.42 bits per heavy atom. The number of rotatable bonds is 1. The van der Waals surface area contributed by atoms with Crippen LogP contribution < -0.4 is 0 Å². The predicted molar refractivity (Wildman–Crippen MR) is 68.2 cm³/mol. The first kappa shape index (κ1) is 12.2. The Morgan fingerprint density at radius 3 is 2.79 bits per heavy atom. The van der Waals surface area contributed by atoms with Crippen LogP contribution in [0.2, 0.25) is 0 Å². The first-order valence-corrected chi connectivity index (χ1v) is 7.75. The van der Waals surface area contributed by atoms with E-state index in [-0.39, 0.29) is 24.2 Å². The molecule has 2 saturated heterocycles. The molecule has 2 heterocycles. The Morgan fingerprint density at radius 2 is 2.21 bits per heavy atom. The van der Waals surface area contributed by atoms with E-state index in [0.29, 0.717) is 17.5 Å². The van der Waals surface area contributed by atoms with Gasteiger partial charge in [0.25, 0.3) is 5.91 Å². The lowest BCUT2D eigenvalue weighted by atomic mass is 10.1. The van der Waals surface area contributed by atoms with Crippen LogP contribution in [0.4, 0.5) is 0 Å². The third kappa shape index (κ3) is 1.90. The van der Waals surface area contributed by atoms with Crippen LogP contribution in [0.15, 0.2) is 24.3 Å². The normalized spacial score (nSPS) is 27.2. The van der Waals surface area contributed by atoms with Crippen molar-refractivity contribution in [2.24, 2.45) is 0 Å². The highest BCUT2D eigenvalue weighted by molar-refractivity contribution is 7.92. The van der Waals surface area contributed by atoms with Gasteiger partial charge in [0.1, 0.15) is 0 Å². The number of carbonyl (C=O) groups is 1. The van der Waals surface area contributed by atoms with Crippen molar-refractivity contribution < 1.29 is 13.2 Å². The largest absolute Gasteiger partial charge is 0.333 e. The quantitative estimate of drug-likeness (QED) is 0.751. The number of amides is 1. The summed E-state index contributed by atoms with van der Waals surface area (Å²) in [5.41, 5.74) is 0.881. The molecule has 3 rings (SSSR count). The van der Waals surface area contributed by atoms with Crippen molar-refractivity contribution in [3.63, 3.8) is 0 Å². The molecular formula is C13H12N2O3S. The number of carbonyl (C=O) groups excluding carboxylic acids is 1. The lowest BCUT2D eigenvalue weighted by molar-refractivity contribution is 0.0746. The first-order valence-electron chi connectivity index (χ1n) is 6.04. The summed E-state index contributed by atoms with van der Waals surface area (Å²) in [5.74, 6) is -0.110. The van der Waals surface area contributed by atoms with E-state index in [4.69, 9.17) is 5.26 Å². The minimum atomic E-state index is -3.00. The third-order valence-electron chi connectivity index (χ3n) is 3.81. The molecule has 19 heavy (non-hydrogen) atoms. The fourth-order valence-electron chi connectivity index (χ4n) is 2.83. The van der Waals surface area contributed by atoms with Gasteiger partial charge in [-0.1, -0.05) is 6.07 Å². The number of hydrogen-bond donors (Lipinski definition) is 0. The second-order valence-corrected chi connectivity index (χ2v) is 7.32. The van der Waals surface area contributed by atoms with Crippen molar-refractivity contribution >= 4 is 15.7 Å². The number of benzene rings is 1. The van der Waals surface area contributed by atoms with E-state index < -0.39 is 15.1 Å². The van der Waals surface area contributed by atoms with Crippen LogP contribution in [0.1, 0.15) is 22.3 Å². The summed E-state index contributed by atoms with van der Waals surface area (Å²) in [6, 6.07) is 8.29. The standard InChI is InChI=1S/C13H12N2O3S/c14-6-9-2-1-3-10(4-9)13(16)15-7-12-5-11(15)8-19(12,17)18/h1-4,11-12H,5,7-8H2. The minimum Gasteiger partial charge on any atom is -0.333 e. The summed E-state index contributed by atoms with van der Waals surface area (Å²) in [4.78, 5) is 14.0. The molecular weight excluding hydrogens is 264 g/mol. The molecule has 0 aliphatic carbocycles. The van der Waals surface area contributed by atoms with Gasteiger partial charge in [0.2, 0.25) is 0 Å². The average molecular weight is 276 g/mol. The molecule has 2 aliphatic heterocycles. The molecule has 1 aromatic rings. The summed E-state index contributed by atoms with van der Waals surface area (Å²) < 4.78 is 23.3. The Labute approximate surface area is 111 Å². The molecule has 6 heteroatoms. The molecule has 0 saturated carbocycles. The van der Waals surface area contributed by atoms with E-state index in [9.17, 15) is 13.2 Å². The van der Waals surface area contributed by atoms with E-state index in [0.717, 1.165) is 0 Å². The maximum absolute atomic E-state index is 12.3. The second kappa shape index (κ2) is 4.07. The highest BCUT2D eigenvalue weighted by atomic mass is 32.2. The van der Waals surface area contributed by atoms with Crippen LogP contribution in [0.5, 0.6) is 0 Å². The SMILES string of the molecule is N#Cc1cccc(C(=O)N2CC3CC2CS3(=O)=O)c1. The summed E-state index contributed by atoms with van der Waals surface area (Å²) in [6.07, 6.45) is 0.548. The zero-order valence-electron chi connectivity index (χ0n) is 10.1. The summed E-state index contributed by atoms with van der Waals surface area (Å²) in [7, 11) is -3.00. The summed E-state index contributed by atoms with van der Waals surface area (Å²) in [6.45, 7) is 0.280. The van der Waals surface area contributed by atoms with E-state index in [1.165, 1.54) is 0 Å². The van der Waals surface area contributed by atoms with Gasteiger partial charge in [-0.15, -0.1) is 0 Å². The van der Waals surface area contributed by atoms with Gasteiger partial charge in [0.15, 0.2) is 9.84 Å². The van der Waals surface area contributed by atoms with Crippen LogP contribution in [-0.2, 0) is 9.84 Å². The van der Waals surface area contributed by atoms with Crippen LogP contribution in [0.3, 0.4) is 0 Å².